The first kappa shape index (κ1) is 13.4. The average Bonchev–Trinajstić information content (AvgIpc) is 2.38. The summed E-state index contributed by atoms with van der Waals surface area (Å²) in [7, 11) is 3.84. The highest BCUT2D eigenvalue weighted by Crippen LogP contribution is 2.04. The molecule has 1 amide bonds. The second-order valence-corrected chi connectivity index (χ2v) is 3.83. The lowest BCUT2D eigenvalue weighted by molar-refractivity contribution is 0.0945. The molecule has 0 radical (unpaired) electrons. The van der Waals surface area contributed by atoms with E-state index in [0.29, 0.717) is 12.2 Å². The summed E-state index contributed by atoms with van der Waals surface area (Å²) >= 11 is 0. The summed E-state index contributed by atoms with van der Waals surface area (Å²) in [5.74, 6) is -0.128. The van der Waals surface area contributed by atoms with Gasteiger partial charge in [-0.15, -0.1) is 0 Å². The van der Waals surface area contributed by atoms with E-state index in [4.69, 9.17) is 0 Å². The molecule has 0 unspecified atom stereocenters. The maximum absolute atomic E-state index is 11.7. The minimum Gasteiger partial charge on any atom is -0.387 e. The Morgan fingerprint density at radius 3 is 2.76 bits per heavy atom. The van der Waals surface area contributed by atoms with Gasteiger partial charge in [0.15, 0.2) is 0 Å². The zero-order chi connectivity index (χ0) is 12.7. The van der Waals surface area contributed by atoms with E-state index in [1.54, 1.807) is 12.3 Å². The molecule has 1 aromatic heterocycles. The van der Waals surface area contributed by atoms with Crippen LogP contribution in [0.25, 0.3) is 0 Å². The minimum absolute atomic E-state index is 0.128. The van der Waals surface area contributed by atoms with Crippen LogP contribution in [0.2, 0.25) is 0 Å². The number of carbonyl (C=O) groups is 1. The van der Waals surface area contributed by atoms with Crippen molar-refractivity contribution < 1.29 is 4.79 Å². The van der Waals surface area contributed by atoms with Crippen molar-refractivity contribution in [1.29, 1.82) is 0 Å². The van der Waals surface area contributed by atoms with Crippen molar-refractivity contribution in [3.63, 3.8) is 0 Å². The third-order valence-corrected chi connectivity index (χ3v) is 2.60. The molecule has 0 atom stereocenters. The molecular weight excluding hydrogens is 216 g/mol. The molecule has 0 spiro atoms. The smallest absolute Gasteiger partial charge is 0.269 e. The van der Waals surface area contributed by atoms with Gasteiger partial charge in [0.25, 0.3) is 5.91 Å². The van der Waals surface area contributed by atoms with Crippen molar-refractivity contribution in [1.82, 2.24) is 15.2 Å². The predicted octanol–water partition coefficient (Wildman–Crippen LogP) is 0.805. The van der Waals surface area contributed by atoms with Crippen molar-refractivity contribution in [3.8, 4) is 0 Å². The number of anilines is 1. The highest BCUT2D eigenvalue weighted by molar-refractivity contribution is 5.92. The Morgan fingerprint density at radius 1 is 1.47 bits per heavy atom. The fourth-order valence-corrected chi connectivity index (χ4v) is 1.29. The number of hydrogen-bond donors (Lipinski definition) is 2. The van der Waals surface area contributed by atoms with Crippen molar-refractivity contribution >= 4 is 11.6 Å². The van der Waals surface area contributed by atoms with Gasteiger partial charge in [0.05, 0.1) is 11.9 Å². The molecule has 5 nitrogen and oxygen atoms in total. The van der Waals surface area contributed by atoms with Crippen molar-refractivity contribution in [3.05, 3.63) is 24.0 Å². The van der Waals surface area contributed by atoms with Gasteiger partial charge in [-0.2, -0.15) is 0 Å². The molecule has 0 aliphatic rings. The van der Waals surface area contributed by atoms with Crippen molar-refractivity contribution in [2.75, 3.05) is 39.0 Å². The molecule has 0 aromatic carbocycles. The molecule has 0 aliphatic carbocycles. The van der Waals surface area contributed by atoms with Gasteiger partial charge in [-0.1, -0.05) is 6.92 Å². The van der Waals surface area contributed by atoms with Crippen LogP contribution in [-0.2, 0) is 0 Å². The Kier molecular flexibility index (Phi) is 5.42. The van der Waals surface area contributed by atoms with E-state index in [-0.39, 0.29) is 5.91 Å². The normalized spacial score (nSPS) is 10.4. The van der Waals surface area contributed by atoms with Gasteiger partial charge in [0.1, 0.15) is 5.69 Å². The molecule has 0 bridgehead atoms. The lowest BCUT2D eigenvalue weighted by atomic mass is 10.3. The maximum atomic E-state index is 11.7. The zero-order valence-corrected chi connectivity index (χ0v) is 10.7. The summed E-state index contributed by atoms with van der Waals surface area (Å²) in [6, 6.07) is 3.55. The second kappa shape index (κ2) is 6.85. The third-order valence-electron chi connectivity index (χ3n) is 2.60. The first-order valence-electron chi connectivity index (χ1n) is 5.78. The number of amides is 1. The monoisotopic (exact) mass is 236 g/mol. The van der Waals surface area contributed by atoms with E-state index in [2.05, 4.69) is 27.4 Å². The maximum Gasteiger partial charge on any atom is 0.269 e. The first-order valence-corrected chi connectivity index (χ1v) is 5.78. The van der Waals surface area contributed by atoms with Crippen LogP contribution >= 0.6 is 0 Å². The lowest BCUT2D eigenvalue weighted by Gasteiger charge is -2.13. The van der Waals surface area contributed by atoms with Crippen LogP contribution in [0.4, 0.5) is 5.69 Å². The van der Waals surface area contributed by atoms with E-state index >= 15 is 0 Å². The summed E-state index contributed by atoms with van der Waals surface area (Å²) in [6.07, 6.45) is 1.65. The molecule has 5 heteroatoms. The highest BCUT2D eigenvalue weighted by Gasteiger charge is 2.06. The van der Waals surface area contributed by atoms with Crippen molar-refractivity contribution in [2.24, 2.45) is 0 Å². The standard InChI is InChI=1S/C12H20N4O/c1-4-16(3)8-7-14-12(17)11-6-5-10(13-2)9-15-11/h5-6,9,13H,4,7-8H2,1-3H3,(H,14,17). The summed E-state index contributed by atoms with van der Waals surface area (Å²) in [5, 5.41) is 5.80. The van der Waals surface area contributed by atoms with Gasteiger partial charge in [0.2, 0.25) is 0 Å². The number of hydrogen-bond acceptors (Lipinski definition) is 4. The number of pyridine rings is 1. The molecule has 0 saturated heterocycles. The summed E-state index contributed by atoms with van der Waals surface area (Å²) in [4.78, 5) is 17.9. The quantitative estimate of drug-likeness (QED) is 0.767. The number of aromatic nitrogens is 1. The van der Waals surface area contributed by atoms with Gasteiger partial charge >= 0.3 is 0 Å². The largest absolute Gasteiger partial charge is 0.387 e. The summed E-state index contributed by atoms with van der Waals surface area (Å²) in [6.45, 7) is 4.54. The predicted molar refractivity (Wildman–Crippen MR) is 69.3 cm³/mol. The number of likely N-dealkylation sites (N-methyl/N-ethyl adjacent to an activating group) is 1. The van der Waals surface area contributed by atoms with Crippen molar-refractivity contribution in [2.45, 2.75) is 6.92 Å². The topological polar surface area (TPSA) is 57.3 Å². The SMILES string of the molecule is CCN(C)CCNC(=O)c1ccc(NC)cn1. The van der Waals surface area contributed by atoms with Gasteiger partial charge < -0.3 is 15.5 Å². The number of nitrogens with one attached hydrogen (secondary N) is 2. The number of nitrogens with zero attached hydrogens (tertiary/aromatic N) is 2. The fraction of sp³-hybridized carbons (Fsp3) is 0.500. The van der Waals surface area contributed by atoms with Crippen LogP contribution in [0.15, 0.2) is 18.3 Å². The Morgan fingerprint density at radius 2 is 2.24 bits per heavy atom. The second-order valence-electron chi connectivity index (χ2n) is 3.83. The molecule has 1 rings (SSSR count). The van der Waals surface area contributed by atoms with Gasteiger partial charge in [-0.3, -0.25) is 4.79 Å². The van der Waals surface area contributed by atoms with Crippen LogP contribution in [-0.4, -0.2) is 49.5 Å². The van der Waals surface area contributed by atoms with Crippen LogP contribution in [0.1, 0.15) is 17.4 Å². The van der Waals surface area contributed by atoms with E-state index < -0.39 is 0 Å². The molecular formula is C12H20N4O. The van der Waals surface area contributed by atoms with Crippen LogP contribution in [0.3, 0.4) is 0 Å². The Labute approximate surface area is 102 Å². The minimum atomic E-state index is -0.128. The fourth-order valence-electron chi connectivity index (χ4n) is 1.29. The summed E-state index contributed by atoms with van der Waals surface area (Å²) in [5.41, 5.74) is 1.34. The Hall–Kier alpha value is -1.62. The van der Waals surface area contributed by atoms with Gasteiger partial charge in [-0.25, -0.2) is 4.98 Å². The molecule has 94 valence electrons. The number of carbonyl (C=O) groups excluding carboxylic acids is 1. The molecule has 17 heavy (non-hydrogen) atoms. The van der Waals surface area contributed by atoms with Crippen LogP contribution < -0.4 is 10.6 Å². The van der Waals surface area contributed by atoms with Gasteiger partial charge in [0, 0.05) is 20.1 Å². The van der Waals surface area contributed by atoms with E-state index in [9.17, 15) is 4.79 Å². The van der Waals surface area contributed by atoms with Crippen LogP contribution in [0, 0.1) is 0 Å². The van der Waals surface area contributed by atoms with E-state index in [1.165, 1.54) is 0 Å². The molecule has 0 aliphatic heterocycles. The molecule has 1 aromatic rings. The summed E-state index contributed by atoms with van der Waals surface area (Å²) < 4.78 is 0. The number of rotatable bonds is 6. The van der Waals surface area contributed by atoms with Crippen LogP contribution in [0.5, 0.6) is 0 Å². The average molecular weight is 236 g/mol. The molecule has 0 saturated carbocycles. The molecule has 0 fully saturated rings. The Bertz CT molecular complexity index is 350. The Balaban J connectivity index is 2.41. The molecule has 1 heterocycles. The van der Waals surface area contributed by atoms with E-state index in [1.807, 2.05) is 20.2 Å². The zero-order valence-electron chi connectivity index (χ0n) is 10.7. The van der Waals surface area contributed by atoms with E-state index in [0.717, 1.165) is 18.8 Å². The highest BCUT2D eigenvalue weighted by atomic mass is 16.1. The first-order chi connectivity index (χ1) is 8.17. The third kappa shape index (κ3) is 4.40. The van der Waals surface area contributed by atoms with Gasteiger partial charge in [-0.05, 0) is 25.7 Å². The lowest BCUT2D eigenvalue weighted by Crippen LogP contribution is -2.33. The molecule has 2 N–H and O–H groups in total.